The van der Waals surface area contributed by atoms with Crippen molar-refractivity contribution in [2.45, 2.75) is 40.0 Å². The fourth-order valence-electron chi connectivity index (χ4n) is 3.28. The highest BCUT2D eigenvalue weighted by Crippen LogP contribution is 2.36. The van der Waals surface area contributed by atoms with Gasteiger partial charge in [-0.25, -0.2) is 4.98 Å². The van der Waals surface area contributed by atoms with E-state index in [1.54, 1.807) is 6.92 Å². The fraction of sp³-hybridized carbons (Fsp3) is 0.444. The van der Waals surface area contributed by atoms with Gasteiger partial charge in [0.1, 0.15) is 5.69 Å². The number of nitrogens with zero attached hydrogens (tertiary/aromatic N) is 2. The van der Waals surface area contributed by atoms with Crippen molar-refractivity contribution in [3.63, 3.8) is 0 Å². The normalized spacial score (nSPS) is 15.4. The van der Waals surface area contributed by atoms with Gasteiger partial charge in [-0.15, -0.1) is 0 Å². The van der Waals surface area contributed by atoms with E-state index in [0.717, 1.165) is 34.3 Å². The summed E-state index contributed by atoms with van der Waals surface area (Å²) >= 11 is 3.69. The molecule has 0 atom stereocenters. The van der Waals surface area contributed by atoms with E-state index in [-0.39, 0.29) is 5.78 Å². The molecule has 2 heterocycles. The van der Waals surface area contributed by atoms with E-state index in [1.807, 2.05) is 6.07 Å². The molecule has 4 heteroatoms. The van der Waals surface area contributed by atoms with Crippen molar-refractivity contribution < 1.29 is 4.79 Å². The first-order valence-electron chi connectivity index (χ1n) is 7.85. The summed E-state index contributed by atoms with van der Waals surface area (Å²) in [6, 6.07) is 4.05. The summed E-state index contributed by atoms with van der Waals surface area (Å²) in [4.78, 5) is 18.9. The van der Waals surface area contributed by atoms with E-state index in [0.29, 0.717) is 5.69 Å². The number of carbonyl (C=O) groups is 1. The molecule has 0 spiro atoms. The molecular weight excluding hydrogens is 340 g/mol. The molecule has 3 rings (SSSR count). The smallest absolute Gasteiger partial charge is 0.178 e. The second-order valence-electron chi connectivity index (χ2n) is 6.16. The summed E-state index contributed by atoms with van der Waals surface area (Å²) in [6.45, 7) is 7.90. The van der Waals surface area contributed by atoms with Crippen molar-refractivity contribution in [1.29, 1.82) is 0 Å². The van der Waals surface area contributed by atoms with Crippen LogP contribution in [0.1, 0.15) is 47.8 Å². The van der Waals surface area contributed by atoms with Crippen LogP contribution in [0.3, 0.4) is 0 Å². The maximum atomic E-state index is 11.9. The lowest BCUT2D eigenvalue weighted by atomic mass is 10.0. The van der Waals surface area contributed by atoms with Crippen LogP contribution >= 0.6 is 15.9 Å². The van der Waals surface area contributed by atoms with Crippen molar-refractivity contribution >= 4 is 38.3 Å². The Morgan fingerprint density at radius 3 is 2.50 bits per heavy atom. The Kier molecular flexibility index (Phi) is 4.22. The standard InChI is InChI=1S/C18H21BrN2O/c1-11-9-15-17(12(2)18(11)19)16(10-14(20-15)13(3)22)21-7-5-4-6-8-21/h9-10H,4-8H2,1-3H3. The average molecular weight is 361 g/mol. The minimum absolute atomic E-state index is 0.0263. The molecule has 0 bridgehead atoms. The number of pyridine rings is 1. The Morgan fingerprint density at radius 1 is 1.18 bits per heavy atom. The molecule has 0 saturated carbocycles. The van der Waals surface area contributed by atoms with Crippen LogP contribution in [0.2, 0.25) is 0 Å². The number of aryl methyl sites for hydroxylation is 2. The maximum absolute atomic E-state index is 11.9. The number of halogens is 1. The van der Waals surface area contributed by atoms with Crippen molar-refractivity contribution in [3.05, 3.63) is 33.4 Å². The lowest BCUT2D eigenvalue weighted by molar-refractivity contribution is 0.101. The topological polar surface area (TPSA) is 33.2 Å². The molecule has 116 valence electrons. The first kappa shape index (κ1) is 15.5. The number of carbonyl (C=O) groups excluding carboxylic acids is 1. The van der Waals surface area contributed by atoms with Gasteiger partial charge in [0.15, 0.2) is 5.78 Å². The summed E-state index contributed by atoms with van der Waals surface area (Å²) in [6.07, 6.45) is 3.72. The van der Waals surface area contributed by atoms with Crippen LogP contribution in [0.5, 0.6) is 0 Å². The first-order chi connectivity index (χ1) is 10.5. The maximum Gasteiger partial charge on any atom is 0.178 e. The van der Waals surface area contributed by atoms with Crippen LogP contribution in [0, 0.1) is 13.8 Å². The lowest BCUT2D eigenvalue weighted by Crippen LogP contribution is -2.30. The molecule has 0 N–H and O–H groups in total. The zero-order chi connectivity index (χ0) is 15.9. The number of piperidine rings is 1. The van der Waals surface area contributed by atoms with Gasteiger partial charge in [0.25, 0.3) is 0 Å². The van der Waals surface area contributed by atoms with Crippen LogP contribution in [0.25, 0.3) is 10.9 Å². The molecule has 1 aliphatic rings. The summed E-state index contributed by atoms with van der Waals surface area (Å²) in [5.41, 5.74) is 5.01. The molecule has 22 heavy (non-hydrogen) atoms. The molecule has 1 saturated heterocycles. The minimum atomic E-state index is 0.0263. The molecule has 0 unspecified atom stereocenters. The van der Waals surface area contributed by atoms with Crippen LogP contribution < -0.4 is 4.90 Å². The summed E-state index contributed by atoms with van der Waals surface area (Å²) < 4.78 is 1.13. The van der Waals surface area contributed by atoms with Gasteiger partial charge in [-0.05, 0) is 56.4 Å². The predicted molar refractivity (Wildman–Crippen MR) is 95.0 cm³/mol. The minimum Gasteiger partial charge on any atom is -0.371 e. The highest BCUT2D eigenvalue weighted by Gasteiger charge is 2.19. The summed E-state index contributed by atoms with van der Waals surface area (Å²) in [5.74, 6) is 0.0263. The van der Waals surface area contributed by atoms with Gasteiger partial charge in [0.2, 0.25) is 0 Å². The number of ketones is 1. The van der Waals surface area contributed by atoms with Gasteiger partial charge in [-0.2, -0.15) is 0 Å². The molecule has 1 aromatic carbocycles. The van der Waals surface area contributed by atoms with Crippen molar-refractivity contribution in [3.8, 4) is 0 Å². The number of aromatic nitrogens is 1. The van der Waals surface area contributed by atoms with Gasteiger partial charge in [0.05, 0.1) is 5.52 Å². The average Bonchev–Trinajstić information content (AvgIpc) is 2.52. The molecule has 3 nitrogen and oxygen atoms in total. The Bertz CT molecular complexity index is 749. The summed E-state index contributed by atoms with van der Waals surface area (Å²) in [7, 11) is 0. The van der Waals surface area contributed by atoms with Gasteiger partial charge >= 0.3 is 0 Å². The third-order valence-electron chi connectivity index (χ3n) is 4.49. The molecule has 0 aliphatic carbocycles. The van der Waals surface area contributed by atoms with E-state index in [9.17, 15) is 4.79 Å². The molecule has 0 radical (unpaired) electrons. The number of fused-ring (bicyclic) bond motifs is 1. The largest absolute Gasteiger partial charge is 0.371 e. The highest BCUT2D eigenvalue weighted by molar-refractivity contribution is 9.10. The Labute approximate surface area is 139 Å². The second-order valence-corrected chi connectivity index (χ2v) is 6.95. The number of Topliss-reactive ketones (excluding diaryl/α,β-unsaturated/α-hetero) is 1. The monoisotopic (exact) mass is 360 g/mol. The SMILES string of the molecule is CC(=O)c1cc(N2CCCCC2)c2c(C)c(Br)c(C)cc2n1. The van der Waals surface area contributed by atoms with Crippen molar-refractivity contribution in [1.82, 2.24) is 4.98 Å². The number of anilines is 1. The van der Waals surface area contributed by atoms with Crippen LogP contribution in [0.4, 0.5) is 5.69 Å². The van der Waals surface area contributed by atoms with E-state index < -0.39 is 0 Å². The van der Waals surface area contributed by atoms with Crippen LogP contribution in [-0.4, -0.2) is 23.9 Å². The number of hydrogen-bond acceptors (Lipinski definition) is 3. The van der Waals surface area contributed by atoms with E-state index in [2.05, 4.69) is 45.7 Å². The zero-order valence-electron chi connectivity index (χ0n) is 13.4. The molecule has 2 aromatic rings. The predicted octanol–water partition coefficient (Wildman–Crippen LogP) is 4.81. The Morgan fingerprint density at radius 2 is 1.86 bits per heavy atom. The second kappa shape index (κ2) is 5.99. The third-order valence-corrected chi connectivity index (χ3v) is 5.71. The number of hydrogen-bond donors (Lipinski definition) is 0. The number of rotatable bonds is 2. The van der Waals surface area contributed by atoms with E-state index >= 15 is 0 Å². The van der Waals surface area contributed by atoms with E-state index in [4.69, 9.17) is 0 Å². The van der Waals surface area contributed by atoms with Gasteiger partial charge in [0, 0.05) is 35.6 Å². The lowest BCUT2D eigenvalue weighted by Gasteiger charge is -2.30. The Hall–Kier alpha value is -1.42. The quantitative estimate of drug-likeness (QED) is 0.720. The van der Waals surface area contributed by atoms with Gasteiger partial charge in [-0.3, -0.25) is 4.79 Å². The van der Waals surface area contributed by atoms with Gasteiger partial charge < -0.3 is 4.90 Å². The number of benzene rings is 1. The fourth-order valence-corrected chi connectivity index (χ4v) is 3.59. The molecule has 0 amide bonds. The molecule has 1 aromatic heterocycles. The van der Waals surface area contributed by atoms with Crippen molar-refractivity contribution in [2.24, 2.45) is 0 Å². The van der Waals surface area contributed by atoms with Gasteiger partial charge in [-0.1, -0.05) is 15.9 Å². The highest BCUT2D eigenvalue weighted by atomic mass is 79.9. The summed E-state index contributed by atoms with van der Waals surface area (Å²) in [5, 5.41) is 1.17. The molecular formula is C18H21BrN2O. The molecule has 1 fully saturated rings. The van der Waals surface area contributed by atoms with Crippen LogP contribution in [0.15, 0.2) is 16.6 Å². The zero-order valence-corrected chi connectivity index (χ0v) is 15.0. The van der Waals surface area contributed by atoms with Crippen molar-refractivity contribution in [2.75, 3.05) is 18.0 Å². The first-order valence-corrected chi connectivity index (χ1v) is 8.64. The Balaban J connectivity index is 2.30. The third kappa shape index (κ3) is 2.65. The van der Waals surface area contributed by atoms with Crippen LogP contribution in [-0.2, 0) is 0 Å². The molecule has 1 aliphatic heterocycles. The van der Waals surface area contributed by atoms with E-state index in [1.165, 1.54) is 30.2 Å².